The van der Waals surface area contributed by atoms with Crippen LogP contribution in [0, 0.1) is 0 Å². The molecule has 0 aliphatic carbocycles. The van der Waals surface area contributed by atoms with Crippen LogP contribution in [0.25, 0.3) is 0 Å². The van der Waals surface area contributed by atoms with Crippen LogP contribution in [0.2, 0.25) is 0 Å². The Morgan fingerprint density at radius 3 is 2.69 bits per heavy atom. The van der Waals surface area contributed by atoms with Crippen LogP contribution >= 0.6 is 0 Å². The van der Waals surface area contributed by atoms with Crippen molar-refractivity contribution in [2.75, 3.05) is 26.9 Å². The molecule has 0 radical (unpaired) electrons. The number of rotatable bonds is 8. The summed E-state index contributed by atoms with van der Waals surface area (Å²) in [4.78, 5) is 10.7. The Morgan fingerprint density at radius 2 is 2.08 bits per heavy atom. The lowest BCUT2D eigenvalue weighted by Gasteiger charge is -2.02. The van der Waals surface area contributed by atoms with E-state index in [1.807, 2.05) is 0 Å². The Morgan fingerprint density at radius 1 is 1.31 bits per heavy atom. The largest absolute Gasteiger partial charge is 0.396 e. The summed E-state index contributed by atoms with van der Waals surface area (Å²) in [5.41, 5.74) is 0. The van der Waals surface area contributed by atoms with Gasteiger partial charge in [0, 0.05) is 26.7 Å². The van der Waals surface area contributed by atoms with E-state index in [2.05, 4.69) is 5.32 Å². The van der Waals surface area contributed by atoms with Crippen LogP contribution in [0.15, 0.2) is 0 Å². The summed E-state index contributed by atoms with van der Waals surface area (Å²) < 4.78 is 5.21. The van der Waals surface area contributed by atoms with Gasteiger partial charge in [0.2, 0.25) is 5.91 Å². The minimum atomic E-state index is 0.00959. The van der Waals surface area contributed by atoms with Crippen LogP contribution < -0.4 is 5.32 Å². The van der Waals surface area contributed by atoms with Crippen molar-refractivity contribution in [3.05, 3.63) is 0 Å². The highest BCUT2D eigenvalue weighted by atomic mass is 16.5. The monoisotopic (exact) mass is 189 g/mol. The third kappa shape index (κ3) is 9.30. The van der Waals surface area contributed by atoms with Crippen LogP contribution in [-0.2, 0) is 9.53 Å². The molecule has 0 fully saturated rings. The fourth-order valence-electron chi connectivity index (χ4n) is 0.885. The first-order valence-electron chi connectivity index (χ1n) is 4.70. The van der Waals surface area contributed by atoms with Crippen molar-refractivity contribution in [1.82, 2.24) is 5.32 Å². The van der Waals surface area contributed by atoms with Gasteiger partial charge in [-0.3, -0.25) is 4.79 Å². The molecule has 13 heavy (non-hydrogen) atoms. The molecule has 0 aliphatic rings. The average molecular weight is 189 g/mol. The van der Waals surface area contributed by atoms with Gasteiger partial charge in [0.05, 0.1) is 6.61 Å². The fourth-order valence-corrected chi connectivity index (χ4v) is 0.885. The Labute approximate surface area is 79.3 Å². The van der Waals surface area contributed by atoms with E-state index in [0.717, 1.165) is 19.3 Å². The highest BCUT2D eigenvalue weighted by Gasteiger charge is 1.96. The molecule has 0 heterocycles. The molecule has 0 aliphatic heterocycles. The number of aliphatic hydroxyl groups excluding tert-OH is 1. The first-order valence-corrected chi connectivity index (χ1v) is 4.70. The minimum absolute atomic E-state index is 0.00959. The highest BCUT2D eigenvalue weighted by Crippen LogP contribution is 1.95. The van der Waals surface area contributed by atoms with Crippen LogP contribution in [0.3, 0.4) is 0 Å². The van der Waals surface area contributed by atoms with Gasteiger partial charge in [0.15, 0.2) is 0 Å². The lowest BCUT2D eigenvalue weighted by atomic mass is 10.2. The summed E-state index contributed by atoms with van der Waals surface area (Å²) >= 11 is 0. The van der Waals surface area contributed by atoms with E-state index in [9.17, 15) is 4.79 Å². The van der Waals surface area contributed by atoms with E-state index in [0.29, 0.717) is 19.6 Å². The zero-order valence-corrected chi connectivity index (χ0v) is 8.21. The second-order valence-electron chi connectivity index (χ2n) is 2.82. The SMILES string of the molecule is CNC(=O)CCOCCCCCO. The van der Waals surface area contributed by atoms with E-state index in [1.54, 1.807) is 7.05 Å². The molecule has 4 heteroatoms. The summed E-state index contributed by atoms with van der Waals surface area (Å²) in [6.45, 7) is 1.41. The number of hydrogen-bond acceptors (Lipinski definition) is 3. The summed E-state index contributed by atoms with van der Waals surface area (Å²) in [7, 11) is 1.61. The Hall–Kier alpha value is -0.610. The standard InChI is InChI=1S/C9H19NO3/c1-10-9(12)5-8-13-7-4-2-3-6-11/h11H,2-8H2,1H3,(H,10,12). The number of aliphatic hydroxyl groups is 1. The second kappa shape index (κ2) is 9.48. The second-order valence-corrected chi connectivity index (χ2v) is 2.82. The summed E-state index contributed by atoms with van der Waals surface area (Å²) in [6, 6.07) is 0. The van der Waals surface area contributed by atoms with Gasteiger partial charge in [-0.25, -0.2) is 0 Å². The van der Waals surface area contributed by atoms with E-state index < -0.39 is 0 Å². The van der Waals surface area contributed by atoms with Crippen LogP contribution in [0.4, 0.5) is 0 Å². The minimum Gasteiger partial charge on any atom is -0.396 e. The third-order valence-corrected chi connectivity index (χ3v) is 1.70. The zero-order valence-electron chi connectivity index (χ0n) is 8.21. The normalized spacial score (nSPS) is 10.0. The maximum absolute atomic E-state index is 10.7. The number of carbonyl (C=O) groups is 1. The van der Waals surface area contributed by atoms with Crippen molar-refractivity contribution in [3.8, 4) is 0 Å². The highest BCUT2D eigenvalue weighted by molar-refractivity contribution is 5.75. The molecule has 2 N–H and O–H groups in total. The predicted molar refractivity (Wildman–Crippen MR) is 50.4 cm³/mol. The summed E-state index contributed by atoms with van der Waals surface area (Å²) in [5, 5.41) is 11.0. The van der Waals surface area contributed by atoms with E-state index >= 15 is 0 Å². The van der Waals surface area contributed by atoms with Gasteiger partial charge in [-0.05, 0) is 19.3 Å². The van der Waals surface area contributed by atoms with Crippen molar-refractivity contribution in [2.24, 2.45) is 0 Å². The third-order valence-electron chi connectivity index (χ3n) is 1.70. The number of unbranched alkanes of at least 4 members (excludes halogenated alkanes) is 2. The molecule has 4 nitrogen and oxygen atoms in total. The van der Waals surface area contributed by atoms with Crippen molar-refractivity contribution in [1.29, 1.82) is 0 Å². The van der Waals surface area contributed by atoms with Crippen molar-refractivity contribution < 1.29 is 14.6 Å². The molecule has 0 rings (SSSR count). The number of nitrogens with one attached hydrogen (secondary N) is 1. The number of amides is 1. The van der Waals surface area contributed by atoms with Gasteiger partial charge in [-0.2, -0.15) is 0 Å². The molecular weight excluding hydrogens is 170 g/mol. The molecule has 0 bridgehead atoms. The zero-order chi connectivity index (χ0) is 9.94. The summed E-state index contributed by atoms with van der Waals surface area (Å²) in [6.07, 6.45) is 3.19. The first kappa shape index (κ1) is 12.4. The summed E-state index contributed by atoms with van der Waals surface area (Å²) in [5.74, 6) is 0.00959. The Bertz CT molecular complexity index is 128. The number of ether oxygens (including phenoxy) is 1. The van der Waals surface area contributed by atoms with Crippen LogP contribution in [0.5, 0.6) is 0 Å². The predicted octanol–water partition coefficient (Wildman–Crippen LogP) is 0.302. The topological polar surface area (TPSA) is 58.6 Å². The fraction of sp³-hybridized carbons (Fsp3) is 0.889. The van der Waals surface area contributed by atoms with Gasteiger partial charge in [-0.1, -0.05) is 0 Å². The van der Waals surface area contributed by atoms with Crippen molar-refractivity contribution in [3.63, 3.8) is 0 Å². The lowest BCUT2D eigenvalue weighted by Crippen LogP contribution is -2.19. The lowest BCUT2D eigenvalue weighted by molar-refractivity contribution is -0.121. The first-order chi connectivity index (χ1) is 6.31. The molecule has 0 aromatic heterocycles. The van der Waals surface area contributed by atoms with Gasteiger partial charge in [-0.15, -0.1) is 0 Å². The molecule has 78 valence electrons. The molecule has 0 aromatic rings. The molecule has 0 spiro atoms. The van der Waals surface area contributed by atoms with Crippen LogP contribution in [0.1, 0.15) is 25.7 Å². The van der Waals surface area contributed by atoms with E-state index in [1.165, 1.54) is 0 Å². The van der Waals surface area contributed by atoms with Gasteiger partial charge in [0.25, 0.3) is 0 Å². The maximum atomic E-state index is 10.7. The van der Waals surface area contributed by atoms with Crippen LogP contribution in [-0.4, -0.2) is 37.9 Å². The Kier molecular flexibility index (Phi) is 9.03. The molecule has 0 aromatic carbocycles. The molecule has 0 atom stereocenters. The van der Waals surface area contributed by atoms with Gasteiger partial charge in [0.1, 0.15) is 0 Å². The van der Waals surface area contributed by atoms with E-state index in [-0.39, 0.29) is 12.5 Å². The average Bonchev–Trinajstić information content (AvgIpc) is 2.16. The van der Waals surface area contributed by atoms with Crippen molar-refractivity contribution >= 4 is 5.91 Å². The number of carbonyl (C=O) groups excluding carboxylic acids is 1. The van der Waals surface area contributed by atoms with Crippen molar-refractivity contribution in [2.45, 2.75) is 25.7 Å². The van der Waals surface area contributed by atoms with E-state index in [4.69, 9.17) is 9.84 Å². The van der Waals surface area contributed by atoms with Gasteiger partial charge < -0.3 is 15.2 Å². The molecule has 1 amide bonds. The van der Waals surface area contributed by atoms with Gasteiger partial charge >= 0.3 is 0 Å². The molecule has 0 saturated heterocycles. The quantitative estimate of drug-likeness (QED) is 0.540. The number of hydrogen-bond donors (Lipinski definition) is 2. The molecule has 0 unspecified atom stereocenters. The molecular formula is C9H19NO3. The Balaban J connectivity index is 2.95. The molecule has 0 saturated carbocycles. The smallest absolute Gasteiger partial charge is 0.222 e. The maximum Gasteiger partial charge on any atom is 0.222 e.